The number of nitrogens with two attached hydrogens (primary N) is 1. The highest BCUT2D eigenvalue weighted by Crippen LogP contribution is 2.35. The van der Waals surface area contributed by atoms with E-state index in [9.17, 15) is 4.79 Å². The van der Waals surface area contributed by atoms with Crippen molar-refractivity contribution in [2.24, 2.45) is 11.1 Å². The molecule has 72 valence electrons. The number of halogens is 1. The van der Waals surface area contributed by atoms with Crippen LogP contribution >= 0.6 is 12.4 Å². The van der Waals surface area contributed by atoms with Crippen LogP contribution in [0.2, 0.25) is 0 Å². The molecule has 1 atom stereocenters. The van der Waals surface area contributed by atoms with E-state index in [1.807, 2.05) is 0 Å². The zero-order valence-corrected chi connectivity index (χ0v) is 7.98. The number of aliphatic carboxylic acids is 1. The third-order valence-corrected chi connectivity index (χ3v) is 2.38. The van der Waals surface area contributed by atoms with E-state index in [2.05, 4.69) is 0 Å². The summed E-state index contributed by atoms with van der Waals surface area (Å²) < 4.78 is 5.03. The van der Waals surface area contributed by atoms with Gasteiger partial charge in [0.1, 0.15) is 5.54 Å². The van der Waals surface area contributed by atoms with Gasteiger partial charge in [0.05, 0.1) is 13.2 Å². The fraction of sp³-hybridized carbons (Fsp3) is 0.857. The summed E-state index contributed by atoms with van der Waals surface area (Å²) in [7, 11) is 0. The number of rotatable bonds is 1. The Morgan fingerprint density at radius 1 is 1.50 bits per heavy atom. The first-order valence-electron chi connectivity index (χ1n) is 3.50. The Balaban J connectivity index is 0.00000121. The number of carbonyl (C=O) groups is 1. The summed E-state index contributed by atoms with van der Waals surface area (Å²) in [6.45, 7) is 4.12. The summed E-state index contributed by atoms with van der Waals surface area (Å²) in [5, 5.41) is 8.80. The Labute approximate surface area is 77.5 Å². The average molecular weight is 196 g/mol. The number of hydrogen-bond donors (Lipinski definition) is 2. The molecule has 5 heteroatoms. The van der Waals surface area contributed by atoms with Gasteiger partial charge in [-0.05, 0) is 0 Å². The predicted octanol–water partition coefficient (Wildman–Crippen LogP) is 0.247. The highest BCUT2D eigenvalue weighted by atomic mass is 35.5. The lowest BCUT2D eigenvalue weighted by Gasteiger charge is -2.30. The van der Waals surface area contributed by atoms with Crippen molar-refractivity contribution in [3.05, 3.63) is 0 Å². The molecule has 0 amide bonds. The first kappa shape index (κ1) is 11.7. The van der Waals surface area contributed by atoms with Gasteiger partial charge in [0.15, 0.2) is 0 Å². The molecule has 12 heavy (non-hydrogen) atoms. The summed E-state index contributed by atoms with van der Waals surface area (Å²) in [5.41, 5.74) is 3.97. The van der Waals surface area contributed by atoms with Crippen LogP contribution < -0.4 is 5.73 Å². The molecule has 0 aliphatic carbocycles. The maximum absolute atomic E-state index is 10.7. The van der Waals surface area contributed by atoms with Crippen LogP contribution in [0.5, 0.6) is 0 Å². The molecule has 1 aliphatic rings. The minimum Gasteiger partial charge on any atom is -0.480 e. The smallest absolute Gasteiger partial charge is 0.326 e. The maximum Gasteiger partial charge on any atom is 0.326 e. The Kier molecular flexibility index (Phi) is 3.12. The molecule has 0 bridgehead atoms. The van der Waals surface area contributed by atoms with E-state index in [0.717, 1.165) is 0 Å². The van der Waals surface area contributed by atoms with Gasteiger partial charge in [-0.2, -0.15) is 0 Å². The molecule has 1 aliphatic heterocycles. The first-order chi connectivity index (χ1) is 4.90. The van der Waals surface area contributed by atoms with Gasteiger partial charge in [-0.25, -0.2) is 0 Å². The quantitative estimate of drug-likeness (QED) is 0.629. The minimum absolute atomic E-state index is 0. The van der Waals surface area contributed by atoms with Gasteiger partial charge < -0.3 is 15.6 Å². The normalized spacial score (nSPS) is 32.6. The zero-order valence-electron chi connectivity index (χ0n) is 7.16. The van der Waals surface area contributed by atoms with Crippen molar-refractivity contribution in [2.45, 2.75) is 19.4 Å². The molecule has 1 fully saturated rings. The number of ether oxygens (including phenoxy) is 1. The summed E-state index contributed by atoms with van der Waals surface area (Å²) >= 11 is 0. The van der Waals surface area contributed by atoms with Gasteiger partial charge in [0.25, 0.3) is 0 Å². The van der Waals surface area contributed by atoms with Gasteiger partial charge in [-0.1, -0.05) is 13.8 Å². The lowest BCUT2D eigenvalue weighted by atomic mass is 9.76. The molecule has 0 spiro atoms. The van der Waals surface area contributed by atoms with E-state index in [1.165, 1.54) is 0 Å². The molecular weight excluding hydrogens is 182 g/mol. The second-order valence-electron chi connectivity index (χ2n) is 3.65. The van der Waals surface area contributed by atoms with Crippen LogP contribution in [0.25, 0.3) is 0 Å². The van der Waals surface area contributed by atoms with Crippen LogP contribution in [0, 0.1) is 5.41 Å². The predicted molar refractivity (Wildman–Crippen MR) is 46.4 cm³/mol. The van der Waals surface area contributed by atoms with E-state index in [0.29, 0.717) is 6.61 Å². The van der Waals surface area contributed by atoms with Gasteiger partial charge in [-0.15, -0.1) is 12.4 Å². The van der Waals surface area contributed by atoms with E-state index in [4.69, 9.17) is 15.6 Å². The Morgan fingerprint density at radius 3 is 2.17 bits per heavy atom. The molecule has 4 nitrogen and oxygen atoms in total. The fourth-order valence-corrected chi connectivity index (χ4v) is 1.14. The summed E-state index contributed by atoms with van der Waals surface area (Å²) in [6, 6.07) is 0. The van der Waals surface area contributed by atoms with Gasteiger partial charge in [-0.3, -0.25) is 4.79 Å². The van der Waals surface area contributed by atoms with Gasteiger partial charge in [0, 0.05) is 5.41 Å². The van der Waals surface area contributed by atoms with Crippen LogP contribution in [0.3, 0.4) is 0 Å². The Hall–Kier alpha value is -0.320. The van der Waals surface area contributed by atoms with Crippen molar-refractivity contribution in [2.75, 3.05) is 13.2 Å². The summed E-state index contributed by atoms with van der Waals surface area (Å²) in [4.78, 5) is 10.7. The van der Waals surface area contributed by atoms with Crippen molar-refractivity contribution in [3.8, 4) is 0 Å². The molecule has 1 rings (SSSR count). The van der Waals surface area contributed by atoms with Crippen LogP contribution in [0.15, 0.2) is 0 Å². The number of hydrogen-bond acceptors (Lipinski definition) is 3. The minimum atomic E-state index is -1.22. The SMILES string of the molecule is CC1(C)COCC1(N)C(=O)O.Cl. The third kappa shape index (κ3) is 1.42. The summed E-state index contributed by atoms with van der Waals surface area (Å²) in [6.07, 6.45) is 0. The van der Waals surface area contributed by atoms with E-state index in [1.54, 1.807) is 13.8 Å². The van der Waals surface area contributed by atoms with Crippen LogP contribution in [0.1, 0.15) is 13.8 Å². The molecule has 0 saturated carbocycles. The Bertz CT molecular complexity index is 195. The second kappa shape index (κ2) is 3.20. The van der Waals surface area contributed by atoms with Crippen molar-refractivity contribution >= 4 is 18.4 Å². The molecule has 3 N–H and O–H groups in total. The largest absolute Gasteiger partial charge is 0.480 e. The Morgan fingerprint density at radius 2 is 2.00 bits per heavy atom. The van der Waals surface area contributed by atoms with Crippen LogP contribution in [-0.4, -0.2) is 29.8 Å². The fourth-order valence-electron chi connectivity index (χ4n) is 1.14. The number of carboxylic acids is 1. The van der Waals surface area contributed by atoms with E-state index >= 15 is 0 Å². The highest BCUT2D eigenvalue weighted by Gasteiger charge is 2.53. The van der Waals surface area contributed by atoms with Crippen molar-refractivity contribution in [3.63, 3.8) is 0 Å². The summed E-state index contributed by atoms with van der Waals surface area (Å²) in [5.74, 6) is -0.986. The highest BCUT2D eigenvalue weighted by molar-refractivity contribution is 5.85. The molecule has 0 aromatic heterocycles. The third-order valence-electron chi connectivity index (χ3n) is 2.38. The van der Waals surface area contributed by atoms with Crippen LogP contribution in [-0.2, 0) is 9.53 Å². The molecular formula is C7H14ClNO3. The number of carboxylic acid groups (broad SMARTS) is 1. The molecule has 1 unspecified atom stereocenters. The standard InChI is InChI=1S/C7H13NO3.ClH/c1-6(2)3-11-4-7(6,8)5(9)10;/h3-4,8H2,1-2H3,(H,9,10);1H. The van der Waals surface area contributed by atoms with Gasteiger partial charge >= 0.3 is 5.97 Å². The van der Waals surface area contributed by atoms with Crippen molar-refractivity contribution < 1.29 is 14.6 Å². The molecule has 0 radical (unpaired) electrons. The molecule has 0 aromatic carbocycles. The second-order valence-corrected chi connectivity index (χ2v) is 3.65. The van der Waals surface area contributed by atoms with E-state index in [-0.39, 0.29) is 19.0 Å². The van der Waals surface area contributed by atoms with Crippen molar-refractivity contribution in [1.82, 2.24) is 0 Å². The monoisotopic (exact) mass is 195 g/mol. The zero-order chi connectivity index (χ0) is 8.70. The maximum atomic E-state index is 10.7. The lowest BCUT2D eigenvalue weighted by Crippen LogP contribution is -2.58. The van der Waals surface area contributed by atoms with Crippen molar-refractivity contribution in [1.29, 1.82) is 0 Å². The average Bonchev–Trinajstić information content (AvgIpc) is 2.09. The lowest BCUT2D eigenvalue weighted by molar-refractivity contribution is -0.146. The molecule has 0 aromatic rings. The molecule has 1 heterocycles. The first-order valence-corrected chi connectivity index (χ1v) is 3.50. The molecule has 1 saturated heterocycles. The van der Waals surface area contributed by atoms with E-state index < -0.39 is 16.9 Å². The van der Waals surface area contributed by atoms with Gasteiger partial charge in [0.2, 0.25) is 0 Å². The topological polar surface area (TPSA) is 72.5 Å². The van der Waals surface area contributed by atoms with Crippen LogP contribution in [0.4, 0.5) is 0 Å².